The zero-order chi connectivity index (χ0) is 12.3. The third kappa shape index (κ3) is 2.52. The molecule has 2 aromatic rings. The molecule has 0 aliphatic rings. The van der Waals surface area contributed by atoms with E-state index in [9.17, 15) is 0 Å². The molecule has 1 atom stereocenters. The lowest BCUT2D eigenvalue weighted by Gasteiger charge is -2.13. The Morgan fingerprint density at radius 2 is 2.24 bits per heavy atom. The van der Waals surface area contributed by atoms with Gasteiger partial charge in [0, 0.05) is 26.2 Å². The number of imidazole rings is 1. The van der Waals surface area contributed by atoms with Gasteiger partial charge >= 0.3 is 0 Å². The summed E-state index contributed by atoms with van der Waals surface area (Å²) >= 11 is 0. The van der Waals surface area contributed by atoms with Crippen molar-refractivity contribution >= 4 is 0 Å². The van der Waals surface area contributed by atoms with Gasteiger partial charge in [-0.1, -0.05) is 0 Å². The highest BCUT2D eigenvalue weighted by atomic mass is 15.3. The molecule has 6 heteroatoms. The lowest BCUT2D eigenvalue weighted by molar-refractivity contribution is 0.525. The maximum absolute atomic E-state index is 4.37. The molecule has 2 aromatic heterocycles. The van der Waals surface area contributed by atoms with Gasteiger partial charge in [0.25, 0.3) is 0 Å². The van der Waals surface area contributed by atoms with Crippen LogP contribution in [0.2, 0.25) is 0 Å². The van der Waals surface area contributed by atoms with Gasteiger partial charge in [-0.2, -0.15) is 5.10 Å². The van der Waals surface area contributed by atoms with Crippen molar-refractivity contribution < 1.29 is 0 Å². The second kappa shape index (κ2) is 5.09. The summed E-state index contributed by atoms with van der Waals surface area (Å²) in [5.74, 6) is 0.984. The third-order valence-electron chi connectivity index (χ3n) is 2.81. The van der Waals surface area contributed by atoms with Gasteiger partial charge in [-0.05, 0) is 14.0 Å². The normalized spacial score (nSPS) is 12.9. The zero-order valence-corrected chi connectivity index (χ0v) is 10.5. The third-order valence-corrected chi connectivity index (χ3v) is 2.81. The molecule has 0 amide bonds. The molecule has 0 saturated heterocycles. The fourth-order valence-corrected chi connectivity index (χ4v) is 1.86. The minimum Gasteiger partial charge on any atom is -0.340 e. The molecule has 92 valence electrons. The molecule has 0 spiro atoms. The van der Waals surface area contributed by atoms with Crippen LogP contribution in [0.5, 0.6) is 0 Å². The molecular weight excluding hydrogens is 216 g/mol. The van der Waals surface area contributed by atoms with E-state index in [1.165, 1.54) is 0 Å². The Morgan fingerprint density at radius 3 is 2.82 bits per heavy atom. The number of rotatable bonds is 5. The van der Waals surface area contributed by atoms with Crippen LogP contribution < -0.4 is 5.32 Å². The van der Waals surface area contributed by atoms with Gasteiger partial charge in [-0.15, -0.1) is 0 Å². The predicted octanol–water partition coefficient (Wildman–Crippen LogP) is 0.535. The van der Waals surface area contributed by atoms with Crippen LogP contribution in [0.4, 0.5) is 0 Å². The topological polar surface area (TPSA) is 60.6 Å². The number of aryl methyl sites for hydroxylation is 2. The van der Waals surface area contributed by atoms with Gasteiger partial charge in [-0.3, -0.25) is 4.68 Å². The van der Waals surface area contributed by atoms with Crippen molar-refractivity contribution in [1.29, 1.82) is 0 Å². The molecule has 17 heavy (non-hydrogen) atoms. The summed E-state index contributed by atoms with van der Waals surface area (Å²) in [4.78, 5) is 8.65. The molecule has 0 fully saturated rings. The van der Waals surface area contributed by atoms with E-state index < -0.39 is 0 Å². The van der Waals surface area contributed by atoms with Gasteiger partial charge in [0.2, 0.25) is 0 Å². The van der Waals surface area contributed by atoms with Crippen LogP contribution in [0, 0.1) is 0 Å². The summed E-state index contributed by atoms with van der Waals surface area (Å²) in [7, 11) is 3.91. The molecule has 6 nitrogen and oxygen atoms in total. The van der Waals surface area contributed by atoms with Gasteiger partial charge in [0.1, 0.15) is 12.2 Å². The Morgan fingerprint density at radius 1 is 1.41 bits per heavy atom. The molecule has 1 N–H and O–H groups in total. The SMILES string of the molecule is CCn1ncnc1CC(NC)c1cn(C)cn1. The quantitative estimate of drug-likeness (QED) is 0.820. The largest absolute Gasteiger partial charge is 0.340 e. The van der Waals surface area contributed by atoms with E-state index in [0.717, 1.165) is 24.5 Å². The number of nitrogens with zero attached hydrogens (tertiary/aromatic N) is 5. The first kappa shape index (κ1) is 11.8. The first-order chi connectivity index (χ1) is 8.24. The van der Waals surface area contributed by atoms with Crippen LogP contribution in [0.3, 0.4) is 0 Å². The van der Waals surface area contributed by atoms with Crippen LogP contribution in [-0.2, 0) is 20.0 Å². The Balaban J connectivity index is 2.15. The number of aromatic nitrogens is 5. The highest BCUT2D eigenvalue weighted by Gasteiger charge is 2.15. The highest BCUT2D eigenvalue weighted by molar-refractivity contribution is 5.06. The minimum absolute atomic E-state index is 0.172. The summed E-state index contributed by atoms with van der Waals surface area (Å²) in [5.41, 5.74) is 1.03. The molecule has 0 radical (unpaired) electrons. The van der Waals surface area contributed by atoms with Crippen molar-refractivity contribution in [2.45, 2.75) is 25.9 Å². The van der Waals surface area contributed by atoms with E-state index in [4.69, 9.17) is 0 Å². The van der Waals surface area contributed by atoms with Gasteiger partial charge < -0.3 is 9.88 Å². The molecule has 0 bridgehead atoms. The lowest BCUT2D eigenvalue weighted by atomic mass is 10.1. The Kier molecular flexibility index (Phi) is 3.53. The lowest BCUT2D eigenvalue weighted by Crippen LogP contribution is -2.21. The fourth-order valence-electron chi connectivity index (χ4n) is 1.86. The molecule has 0 aromatic carbocycles. The molecule has 0 saturated carbocycles. The summed E-state index contributed by atoms with van der Waals surface area (Å²) in [5, 5.41) is 7.44. The van der Waals surface area contributed by atoms with Gasteiger partial charge in [0.15, 0.2) is 0 Å². The minimum atomic E-state index is 0.172. The number of hydrogen-bond donors (Lipinski definition) is 1. The van der Waals surface area contributed by atoms with Crippen molar-refractivity contribution in [2.75, 3.05) is 7.05 Å². The molecule has 1 unspecified atom stereocenters. The number of hydrogen-bond acceptors (Lipinski definition) is 4. The van der Waals surface area contributed by atoms with Crippen molar-refractivity contribution in [1.82, 2.24) is 29.6 Å². The first-order valence-electron chi connectivity index (χ1n) is 5.76. The van der Waals surface area contributed by atoms with Crippen LogP contribution in [-0.4, -0.2) is 31.4 Å². The monoisotopic (exact) mass is 234 g/mol. The summed E-state index contributed by atoms with van der Waals surface area (Å²) in [6, 6.07) is 0.172. The van der Waals surface area contributed by atoms with Crippen molar-refractivity contribution in [2.24, 2.45) is 7.05 Å². The number of nitrogens with one attached hydrogen (secondary N) is 1. The standard InChI is InChI=1S/C11H18N6/c1-4-17-11(13-7-15-17)5-9(12-2)10-6-16(3)8-14-10/h6-9,12H,4-5H2,1-3H3. The molecule has 0 aliphatic heterocycles. The first-order valence-corrected chi connectivity index (χ1v) is 5.76. The Bertz CT molecular complexity index is 472. The molecule has 2 heterocycles. The van der Waals surface area contributed by atoms with E-state index in [1.54, 1.807) is 6.33 Å². The van der Waals surface area contributed by atoms with Gasteiger partial charge in [-0.25, -0.2) is 9.97 Å². The molecule has 2 rings (SSSR count). The van der Waals surface area contributed by atoms with E-state index in [2.05, 4.69) is 27.3 Å². The van der Waals surface area contributed by atoms with Crippen molar-refractivity contribution in [3.05, 3.63) is 30.4 Å². The average Bonchev–Trinajstić information content (AvgIpc) is 2.94. The Labute approximate surface area is 101 Å². The second-order valence-corrected chi connectivity index (χ2v) is 4.00. The van der Waals surface area contributed by atoms with Crippen LogP contribution in [0.25, 0.3) is 0 Å². The molecule has 0 aliphatic carbocycles. The Hall–Kier alpha value is -1.69. The smallest absolute Gasteiger partial charge is 0.138 e. The van der Waals surface area contributed by atoms with E-state index in [1.807, 2.05) is 35.9 Å². The van der Waals surface area contributed by atoms with E-state index >= 15 is 0 Å². The van der Waals surface area contributed by atoms with Crippen LogP contribution in [0.1, 0.15) is 24.5 Å². The predicted molar refractivity (Wildman–Crippen MR) is 64.4 cm³/mol. The maximum Gasteiger partial charge on any atom is 0.138 e. The summed E-state index contributed by atoms with van der Waals surface area (Å²) < 4.78 is 3.86. The van der Waals surface area contributed by atoms with Crippen LogP contribution in [0.15, 0.2) is 18.9 Å². The highest BCUT2D eigenvalue weighted by Crippen LogP contribution is 2.14. The number of likely N-dealkylation sites (N-methyl/N-ethyl adjacent to an activating group) is 1. The second-order valence-electron chi connectivity index (χ2n) is 4.00. The van der Waals surface area contributed by atoms with Crippen LogP contribution >= 0.6 is 0 Å². The molecular formula is C11H18N6. The maximum atomic E-state index is 4.37. The van der Waals surface area contributed by atoms with Crippen molar-refractivity contribution in [3.8, 4) is 0 Å². The average molecular weight is 234 g/mol. The zero-order valence-electron chi connectivity index (χ0n) is 10.5. The van der Waals surface area contributed by atoms with Crippen molar-refractivity contribution in [3.63, 3.8) is 0 Å². The fraction of sp³-hybridized carbons (Fsp3) is 0.545. The van der Waals surface area contributed by atoms with Gasteiger partial charge in [0.05, 0.1) is 18.1 Å². The van der Waals surface area contributed by atoms with E-state index in [0.29, 0.717) is 0 Å². The van der Waals surface area contributed by atoms with E-state index in [-0.39, 0.29) is 6.04 Å². The summed E-state index contributed by atoms with van der Waals surface area (Å²) in [6.07, 6.45) is 6.23. The summed E-state index contributed by atoms with van der Waals surface area (Å²) in [6.45, 7) is 2.90.